The molecule has 0 fully saturated rings. The van der Waals surface area contributed by atoms with Gasteiger partial charge in [0.1, 0.15) is 8.07 Å². The van der Waals surface area contributed by atoms with E-state index in [0.717, 1.165) is 12.8 Å². The van der Waals surface area contributed by atoms with Crippen LogP contribution in [-0.4, -0.2) is 8.07 Å². The van der Waals surface area contributed by atoms with Crippen molar-refractivity contribution in [3.05, 3.63) is 70.8 Å². The Bertz CT molecular complexity index is 713. The molecule has 0 unspecified atom stereocenters. The highest BCUT2D eigenvalue weighted by molar-refractivity contribution is 7.01. The SMILES string of the molecule is C[Si](C)(c1cccc2c1CC=C2)c1cccc2c1CC=C2. The van der Waals surface area contributed by atoms with Gasteiger partial charge >= 0.3 is 0 Å². The van der Waals surface area contributed by atoms with Crippen molar-refractivity contribution in [2.24, 2.45) is 0 Å². The molecule has 2 aromatic rings. The molecule has 0 spiro atoms. The minimum Gasteiger partial charge on any atom is -0.0795 e. The molecule has 2 aliphatic rings. The maximum Gasteiger partial charge on any atom is 0.113 e. The van der Waals surface area contributed by atoms with E-state index in [2.05, 4.69) is 73.8 Å². The van der Waals surface area contributed by atoms with Gasteiger partial charge in [0.05, 0.1) is 0 Å². The second-order valence-corrected chi connectivity index (χ2v) is 10.9. The molecule has 0 amide bonds. The summed E-state index contributed by atoms with van der Waals surface area (Å²) >= 11 is 0. The number of rotatable bonds is 2. The van der Waals surface area contributed by atoms with Crippen LogP contribution in [-0.2, 0) is 12.8 Å². The highest BCUT2D eigenvalue weighted by Crippen LogP contribution is 2.24. The van der Waals surface area contributed by atoms with Crippen LogP contribution in [0.15, 0.2) is 48.6 Å². The molecule has 0 nitrogen and oxygen atoms in total. The zero-order valence-corrected chi connectivity index (χ0v) is 13.7. The Balaban J connectivity index is 1.89. The van der Waals surface area contributed by atoms with Crippen LogP contribution in [0, 0.1) is 0 Å². The van der Waals surface area contributed by atoms with Gasteiger partial charge in [0.15, 0.2) is 0 Å². The fourth-order valence-electron chi connectivity index (χ4n) is 3.90. The largest absolute Gasteiger partial charge is 0.113 e. The average molecular weight is 288 g/mol. The van der Waals surface area contributed by atoms with Crippen LogP contribution in [0.1, 0.15) is 22.3 Å². The Morgan fingerprint density at radius 1 is 0.714 bits per heavy atom. The lowest BCUT2D eigenvalue weighted by Gasteiger charge is -2.29. The quantitative estimate of drug-likeness (QED) is 0.740. The highest BCUT2D eigenvalue weighted by atomic mass is 28.3. The standard InChI is InChI=1S/C20H20Si/c1-21(2,19-13-5-9-15-7-3-11-17(15)19)20-14-6-10-16-8-4-12-18(16)20/h3-10,13-14H,11-12H2,1-2H3. The molecule has 2 aromatic carbocycles. The van der Waals surface area contributed by atoms with Crippen LogP contribution in [0.5, 0.6) is 0 Å². The first-order chi connectivity index (χ1) is 10.2. The first-order valence-electron chi connectivity index (χ1n) is 7.76. The van der Waals surface area contributed by atoms with Gasteiger partial charge in [-0.1, -0.05) is 84.2 Å². The molecule has 0 radical (unpaired) electrons. The third-order valence-corrected chi connectivity index (χ3v) is 8.64. The third-order valence-electron chi connectivity index (χ3n) is 5.01. The molecule has 21 heavy (non-hydrogen) atoms. The van der Waals surface area contributed by atoms with Crippen LogP contribution in [0.25, 0.3) is 12.2 Å². The summed E-state index contributed by atoms with van der Waals surface area (Å²) in [5.74, 6) is 0. The smallest absolute Gasteiger partial charge is 0.0795 e. The fourth-order valence-corrected chi connectivity index (χ4v) is 7.22. The number of fused-ring (bicyclic) bond motifs is 2. The molecular weight excluding hydrogens is 268 g/mol. The van der Waals surface area contributed by atoms with E-state index in [9.17, 15) is 0 Å². The minimum absolute atomic E-state index is 1.11. The summed E-state index contributed by atoms with van der Waals surface area (Å²) in [6.45, 7) is 5.02. The van der Waals surface area contributed by atoms with Crippen LogP contribution in [0.4, 0.5) is 0 Å². The van der Waals surface area contributed by atoms with Crippen LogP contribution in [0.3, 0.4) is 0 Å². The molecule has 0 bridgehead atoms. The fraction of sp³-hybridized carbons (Fsp3) is 0.200. The van der Waals surface area contributed by atoms with Crippen molar-refractivity contribution in [3.63, 3.8) is 0 Å². The summed E-state index contributed by atoms with van der Waals surface area (Å²) in [4.78, 5) is 0. The van der Waals surface area contributed by atoms with Gasteiger partial charge in [-0.3, -0.25) is 0 Å². The molecule has 0 atom stereocenters. The molecule has 4 rings (SSSR count). The Kier molecular flexibility index (Phi) is 2.80. The van der Waals surface area contributed by atoms with Gasteiger partial charge in [0, 0.05) is 0 Å². The topological polar surface area (TPSA) is 0 Å². The van der Waals surface area contributed by atoms with Gasteiger partial charge in [-0.15, -0.1) is 0 Å². The summed E-state index contributed by atoms with van der Waals surface area (Å²) in [5.41, 5.74) is 5.99. The van der Waals surface area contributed by atoms with Gasteiger partial charge < -0.3 is 0 Å². The molecule has 0 N–H and O–H groups in total. The summed E-state index contributed by atoms with van der Waals surface area (Å²) in [5, 5.41) is 3.23. The van der Waals surface area contributed by atoms with E-state index in [1.54, 1.807) is 21.5 Å². The lowest BCUT2D eigenvalue weighted by molar-refractivity contribution is 1.31. The van der Waals surface area contributed by atoms with Gasteiger partial charge in [0.25, 0.3) is 0 Å². The predicted molar refractivity (Wildman–Crippen MR) is 95.1 cm³/mol. The van der Waals surface area contributed by atoms with E-state index < -0.39 is 8.07 Å². The number of allylic oxidation sites excluding steroid dienone is 2. The van der Waals surface area contributed by atoms with Crippen molar-refractivity contribution >= 4 is 30.6 Å². The molecule has 0 saturated carbocycles. The van der Waals surface area contributed by atoms with E-state index in [-0.39, 0.29) is 0 Å². The summed E-state index contributed by atoms with van der Waals surface area (Å²) < 4.78 is 0. The molecule has 0 aliphatic heterocycles. The lowest BCUT2D eigenvalue weighted by Crippen LogP contribution is -2.55. The highest BCUT2D eigenvalue weighted by Gasteiger charge is 2.32. The van der Waals surface area contributed by atoms with Crippen LogP contribution >= 0.6 is 0 Å². The molecule has 0 heterocycles. The Hall–Kier alpha value is -1.86. The van der Waals surface area contributed by atoms with E-state index in [0.29, 0.717) is 0 Å². The van der Waals surface area contributed by atoms with Crippen molar-refractivity contribution in [1.82, 2.24) is 0 Å². The van der Waals surface area contributed by atoms with Gasteiger partial charge in [-0.05, 0) is 35.1 Å². The molecule has 1 heteroatoms. The van der Waals surface area contributed by atoms with Crippen molar-refractivity contribution in [2.75, 3.05) is 0 Å². The first kappa shape index (κ1) is 12.8. The maximum atomic E-state index is 2.51. The normalized spacial score (nSPS) is 15.3. The number of hydrogen-bond donors (Lipinski definition) is 0. The summed E-state index contributed by atoms with van der Waals surface area (Å²) in [6.07, 6.45) is 11.4. The number of hydrogen-bond acceptors (Lipinski definition) is 0. The molecular formula is C20H20Si. The Morgan fingerprint density at radius 2 is 1.19 bits per heavy atom. The monoisotopic (exact) mass is 288 g/mol. The Morgan fingerprint density at radius 3 is 1.67 bits per heavy atom. The third kappa shape index (κ3) is 1.88. The van der Waals surface area contributed by atoms with Crippen LogP contribution < -0.4 is 10.4 Å². The second-order valence-electron chi connectivity index (χ2n) is 6.58. The van der Waals surface area contributed by atoms with Crippen molar-refractivity contribution in [2.45, 2.75) is 25.9 Å². The summed E-state index contributed by atoms with van der Waals surface area (Å²) in [7, 11) is -1.65. The predicted octanol–water partition coefficient (Wildman–Crippen LogP) is 3.65. The number of benzene rings is 2. The maximum absolute atomic E-state index is 2.51. The van der Waals surface area contributed by atoms with E-state index in [1.807, 2.05) is 0 Å². The van der Waals surface area contributed by atoms with Gasteiger partial charge in [-0.2, -0.15) is 0 Å². The molecule has 2 aliphatic carbocycles. The lowest BCUT2D eigenvalue weighted by atomic mass is 10.1. The second kappa shape index (κ2) is 4.57. The molecule has 0 aromatic heterocycles. The van der Waals surface area contributed by atoms with Crippen LogP contribution in [0.2, 0.25) is 13.1 Å². The van der Waals surface area contributed by atoms with Crippen molar-refractivity contribution in [1.29, 1.82) is 0 Å². The average Bonchev–Trinajstić information content (AvgIpc) is 3.14. The van der Waals surface area contributed by atoms with E-state index in [4.69, 9.17) is 0 Å². The zero-order valence-electron chi connectivity index (χ0n) is 12.7. The van der Waals surface area contributed by atoms with E-state index in [1.165, 1.54) is 11.1 Å². The van der Waals surface area contributed by atoms with Gasteiger partial charge in [0.2, 0.25) is 0 Å². The Labute approximate surface area is 127 Å². The van der Waals surface area contributed by atoms with Crippen molar-refractivity contribution in [3.8, 4) is 0 Å². The van der Waals surface area contributed by atoms with E-state index >= 15 is 0 Å². The summed E-state index contributed by atoms with van der Waals surface area (Å²) in [6, 6.07) is 13.7. The zero-order chi connectivity index (χ0) is 14.4. The molecule has 104 valence electrons. The van der Waals surface area contributed by atoms with Gasteiger partial charge in [-0.25, -0.2) is 0 Å². The van der Waals surface area contributed by atoms with Crippen molar-refractivity contribution < 1.29 is 0 Å². The minimum atomic E-state index is -1.65. The molecule has 0 saturated heterocycles. The first-order valence-corrected chi connectivity index (χ1v) is 10.8.